The normalized spacial score (nSPS) is 15.4. The highest BCUT2D eigenvalue weighted by Crippen LogP contribution is 2.24. The van der Waals surface area contributed by atoms with E-state index in [4.69, 9.17) is 0 Å². The number of benzene rings is 2. The number of carbonyl (C=O) groups excluding carboxylic acids is 1. The van der Waals surface area contributed by atoms with Crippen LogP contribution < -0.4 is 0 Å². The summed E-state index contributed by atoms with van der Waals surface area (Å²) in [5, 5.41) is 6.85. The lowest BCUT2D eigenvalue weighted by molar-refractivity contribution is 0.0698. The van der Waals surface area contributed by atoms with Crippen LogP contribution >= 0.6 is 0 Å². The topological polar surface area (TPSA) is 86.4 Å². The number of halogens is 1. The quantitative estimate of drug-likeness (QED) is 0.710. The number of sulfonamides is 1. The fourth-order valence-electron chi connectivity index (χ4n) is 3.37. The Morgan fingerprint density at radius 2 is 1.62 bits per heavy atom. The number of H-pyrrole nitrogens is 1. The fraction of sp³-hybridized carbons (Fsp3) is 0.200. The van der Waals surface area contributed by atoms with E-state index in [0.717, 1.165) is 11.6 Å². The molecule has 0 aliphatic carbocycles. The van der Waals surface area contributed by atoms with Crippen LogP contribution in [-0.4, -0.2) is 59.9 Å². The van der Waals surface area contributed by atoms with Gasteiger partial charge in [0.15, 0.2) is 0 Å². The third kappa shape index (κ3) is 3.66. The minimum Gasteiger partial charge on any atom is -0.336 e. The van der Waals surface area contributed by atoms with Gasteiger partial charge in [0.2, 0.25) is 10.0 Å². The molecule has 2 aromatic carbocycles. The highest BCUT2D eigenvalue weighted by molar-refractivity contribution is 7.89. The molecule has 150 valence electrons. The van der Waals surface area contributed by atoms with E-state index >= 15 is 0 Å². The summed E-state index contributed by atoms with van der Waals surface area (Å²) in [7, 11) is -3.94. The summed E-state index contributed by atoms with van der Waals surface area (Å²) in [6, 6.07) is 14.7. The van der Waals surface area contributed by atoms with Crippen molar-refractivity contribution in [3.8, 4) is 11.3 Å². The van der Waals surface area contributed by atoms with Gasteiger partial charge in [-0.3, -0.25) is 9.89 Å². The Labute approximate surface area is 167 Å². The molecule has 1 amide bonds. The maximum atomic E-state index is 14.0. The lowest BCUT2D eigenvalue weighted by Crippen LogP contribution is -2.50. The zero-order valence-corrected chi connectivity index (χ0v) is 16.3. The van der Waals surface area contributed by atoms with Crippen molar-refractivity contribution < 1.29 is 17.6 Å². The number of piperazine rings is 1. The highest BCUT2D eigenvalue weighted by Gasteiger charge is 2.32. The van der Waals surface area contributed by atoms with Crippen LogP contribution in [0.5, 0.6) is 0 Å². The lowest BCUT2D eigenvalue weighted by Gasteiger charge is -2.34. The monoisotopic (exact) mass is 414 g/mol. The van der Waals surface area contributed by atoms with Gasteiger partial charge in [-0.2, -0.15) is 9.40 Å². The van der Waals surface area contributed by atoms with E-state index < -0.39 is 15.8 Å². The molecule has 0 bridgehead atoms. The smallest absolute Gasteiger partial charge is 0.257 e. The molecule has 9 heteroatoms. The summed E-state index contributed by atoms with van der Waals surface area (Å²) in [4.78, 5) is 14.2. The van der Waals surface area contributed by atoms with Gasteiger partial charge in [-0.1, -0.05) is 42.5 Å². The second-order valence-corrected chi connectivity index (χ2v) is 8.56. The average Bonchev–Trinajstić information content (AvgIpc) is 3.24. The average molecular weight is 414 g/mol. The predicted octanol–water partition coefficient (Wildman–Crippen LogP) is 2.36. The maximum Gasteiger partial charge on any atom is 0.257 e. The van der Waals surface area contributed by atoms with Crippen LogP contribution in [0, 0.1) is 5.82 Å². The first-order valence-electron chi connectivity index (χ1n) is 9.11. The van der Waals surface area contributed by atoms with Crippen LogP contribution in [0.1, 0.15) is 10.4 Å². The van der Waals surface area contributed by atoms with Gasteiger partial charge < -0.3 is 4.90 Å². The molecule has 0 unspecified atom stereocenters. The molecule has 29 heavy (non-hydrogen) atoms. The third-order valence-electron chi connectivity index (χ3n) is 4.91. The first-order chi connectivity index (χ1) is 14.0. The molecule has 7 nitrogen and oxygen atoms in total. The summed E-state index contributed by atoms with van der Waals surface area (Å²) in [5.41, 5.74) is 1.90. The number of amides is 1. The van der Waals surface area contributed by atoms with Gasteiger partial charge >= 0.3 is 0 Å². The Kier molecular flexibility index (Phi) is 5.16. The van der Waals surface area contributed by atoms with Crippen LogP contribution in [0.2, 0.25) is 0 Å². The summed E-state index contributed by atoms with van der Waals surface area (Å²) in [6.45, 7) is 0.625. The van der Waals surface area contributed by atoms with Gasteiger partial charge in [0.1, 0.15) is 10.7 Å². The number of carbonyl (C=O) groups is 1. The zero-order valence-electron chi connectivity index (χ0n) is 15.5. The highest BCUT2D eigenvalue weighted by atomic mass is 32.2. The van der Waals surface area contributed by atoms with Gasteiger partial charge in [-0.15, -0.1) is 0 Å². The van der Waals surface area contributed by atoms with E-state index in [1.54, 1.807) is 4.90 Å². The Morgan fingerprint density at radius 1 is 0.966 bits per heavy atom. The largest absolute Gasteiger partial charge is 0.336 e. The van der Waals surface area contributed by atoms with Crippen LogP contribution in [0.15, 0.2) is 65.7 Å². The van der Waals surface area contributed by atoms with Crippen LogP contribution in [0.4, 0.5) is 4.39 Å². The van der Waals surface area contributed by atoms with E-state index in [2.05, 4.69) is 10.2 Å². The van der Waals surface area contributed by atoms with Crippen LogP contribution in [0.3, 0.4) is 0 Å². The second-order valence-electron chi connectivity index (χ2n) is 6.65. The van der Waals surface area contributed by atoms with Crippen molar-refractivity contribution in [3.05, 3.63) is 72.2 Å². The molecule has 1 N–H and O–H groups in total. The van der Waals surface area contributed by atoms with Gasteiger partial charge in [0, 0.05) is 31.7 Å². The van der Waals surface area contributed by atoms with Crippen molar-refractivity contribution in [2.24, 2.45) is 0 Å². The number of nitrogens with zero attached hydrogens (tertiary/aromatic N) is 3. The first-order valence-corrected chi connectivity index (χ1v) is 10.6. The Bertz CT molecular complexity index is 1120. The number of hydrogen-bond donors (Lipinski definition) is 1. The lowest BCUT2D eigenvalue weighted by atomic mass is 10.1. The molecule has 4 rings (SSSR count). The van der Waals surface area contributed by atoms with E-state index in [1.165, 1.54) is 28.7 Å². The minimum absolute atomic E-state index is 0.0981. The molecule has 3 aromatic rings. The van der Waals surface area contributed by atoms with E-state index in [-0.39, 0.29) is 37.0 Å². The van der Waals surface area contributed by atoms with Gasteiger partial charge in [-0.05, 0) is 12.1 Å². The maximum absolute atomic E-state index is 14.0. The van der Waals surface area contributed by atoms with Crippen molar-refractivity contribution in [2.75, 3.05) is 26.2 Å². The minimum atomic E-state index is -3.94. The van der Waals surface area contributed by atoms with Gasteiger partial charge in [0.05, 0.1) is 17.5 Å². The summed E-state index contributed by atoms with van der Waals surface area (Å²) in [5.74, 6) is -1.00. The molecular weight excluding hydrogens is 395 g/mol. The van der Waals surface area contributed by atoms with Gasteiger partial charge in [-0.25, -0.2) is 12.8 Å². The van der Waals surface area contributed by atoms with E-state index in [0.29, 0.717) is 11.3 Å². The SMILES string of the molecule is O=C(c1cn[nH]c1-c1ccccc1)N1CCN(S(=O)(=O)c2ccccc2F)CC1. The van der Waals surface area contributed by atoms with Crippen molar-refractivity contribution >= 4 is 15.9 Å². The Hall–Kier alpha value is -3.04. The fourth-order valence-corrected chi connectivity index (χ4v) is 4.86. The summed E-state index contributed by atoms with van der Waals surface area (Å²) < 4.78 is 40.6. The van der Waals surface area contributed by atoms with Gasteiger partial charge in [0.25, 0.3) is 5.91 Å². The van der Waals surface area contributed by atoms with Crippen LogP contribution in [0.25, 0.3) is 11.3 Å². The van der Waals surface area contributed by atoms with Crippen molar-refractivity contribution in [1.82, 2.24) is 19.4 Å². The molecule has 0 saturated carbocycles. The first kappa shape index (κ1) is 19.3. The molecular formula is C20H19FN4O3S. The van der Waals surface area contributed by atoms with Crippen molar-refractivity contribution in [2.45, 2.75) is 4.90 Å². The summed E-state index contributed by atoms with van der Waals surface area (Å²) >= 11 is 0. The summed E-state index contributed by atoms with van der Waals surface area (Å²) in [6.07, 6.45) is 1.48. The molecule has 1 saturated heterocycles. The molecule has 0 spiro atoms. The van der Waals surface area contributed by atoms with Crippen molar-refractivity contribution in [3.63, 3.8) is 0 Å². The predicted molar refractivity (Wildman–Crippen MR) is 105 cm³/mol. The number of nitrogens with one attached hydrogen (secondary N) is 1. The molecule has 1 aliphatic rings. The Morgan fingerprint density at radius 3 is 2.31 bits per heavy atom. The Balaban J connectivity index is 1.49. The third-order valence-corrected chi connectivity index (χ3v) is 6.84. The molecule has 1 aromatic heterocycles. The second kappa shape index (κ2) is 7.76. The van der Waals surface area contributed by atoms with E-state index in [9.17, 15) is 17.6 Å². The molecule has 2 heterocycles. The number of aromatic amines is 1. The number of aromatic nitrogens is 2. The number of rotatable bonds is 4. The number of hydrogen-bond acceptors (Lipinski definition) is 4. The van der Waals surface area contributed by atoms with Crippen molar-refractivity contribution in [1.29, 1.82) is 0 Å². The molecule has 1 fully saturated rings. The standard InChI is InChI=1S/C20H19FN4O3S/c21-17-8-4-5-9-18(17)29(27,28)25-12-10-24(11-13-25)20(26)16-14-22-23-19(16)15-6-2-1-3-7-15/h1-9,14H,10-13H2,(H,22,23). The van der Waals surface area contributed by atoms with Crippen LogP contribution in [-0.2, 0) is 10.0 Å². The molecule has 0 radical (unpaired) electrons. The zero-order chi connectivity index (χ0) is 20.4. The molecule has 1 aliphatic heterocycles. The van der Waals surface area contributed by atoms with E-state index in [1.807, 2.05) is 30.3 Å². The molecule has 0 atom stereocenters.